The molecule has 0 bridgehead atoms. The van der Waals surface area contributed by atoms with E-state index in [9.17, 15) is 13.2 Å². The lowest BCUT2D eigenvalue weighted by atomic mass is 10.1. The normalized spacial score (nSPS) is 17.4. The minimum absolute atomic E-state index is 0.226. The summed E-state index contributed by atoms with van der Waals surface area (Å²) in [5, 5.41) is 9.07. The third-order valence-corrected chi connectivity index (χ3v) is 5.70. The Kier molecular flexibility index (Phi) is 5.37. The molecule has 1 aromatic rings. The van der Waals surface area contributed by atoms with Crippen LogP contribution in [0.3, 0.4) is 0 Å². The quantitative estimate of drug-likeness (QED) is 0.846. The Morgan fingerprint density at radius 2 is 1.95 bits per heavy atom. The van der Waals surface area contributed by atoms with Crippen LogP contribution < -0.4 is 0 Å². The highest BCUT2D eigenvalue weighted by Gasteiger charge is 2.25. The van der Waals surface area contributed by atoms with Crippen LogP contribution in [0.1, 0.15) is 38.2 Å². The zero-order valence-corrected chi connectivity index (χ0v) is 13.5. The second kappa shape index (κ2) is 7.07. The number of hydrogen-bond acceptors (Lipinski definition) is 3. The standard InChI is InChI=1S/C16H21NO4S/c1-2-14(16(18)19)11-13-7-6-8-15(12-13)22(20,21)17-9-4-3-5-10-17/h6-8,11-12H,2-5,9-10H2,1H3,(H,18,19)/b14-11+. The molecule has 0 atom stereocenters. The molecule has 0 aliphatic carbocycles. The van der Waals surface area contributed by atoms with E-state index in [1.165, 1.54) is 10.4 Å². The highest BCUT2D eigenvalue weighted by Crippen LogP contribution is 2.22. The predicted molar refractivity (Wildman–Crippen MR) is 85.0 cm³/mol. The van der Waals surface area contributed by atoms with Gasteiger partial charge in [-0.3, -0.25) is 0 Å². The van der Waals surface area contributed by atoms with Crippen molar-refractivity contribution in [3.05, 3.63) is 35.4 Å². The summed E-state index contributed by atoms with van der Waals surface area (Å²) in [6.07, 6.45) is 4.75. The van der Waals surface area contributed by atoms with E-state index < -0.39 is 16.0 Å². The van der Waals surface area contributed by atoms with Crippen molar-refractivity contribution in [2.24, 2.45) is 0 Å². The van der Waals surface area contributed by atoms with Gasteiger partial charge >= 0.3 is 5.97 Å². The fourth-order valence-electron chi connectivity index (χ4n) is 2.54. The molecule has 5 nitrogen and oxygen atoms in total. The van der Waals surface area contributed by atoms with E-state index in [0.29, 0.717) is 25.1 Å². The van der Waals surface area contributed by atoms with Gasteiger partial charge in [0.2, 0.25) is 10.0 Å². The number of aliphatic carboxylic acids is 1. The fraction of sp³-hybridized carbons (Fsp3) is 0.438. The lowest BCUT2D eigenvalue weighted by Gasteiger charge is -2.25. The van der Waals surface area contributed by atoms with Gasteiger partial charge in [0.25, 0.3) is 0 Å². The maximum atomic E-state index is 12.6. The van der Waals surface area contributed by atoms with E-state index >= 15 is 0 Å². The van der Waals surface area contributed by atoms with Crippen LogP contribution in [0.25, 0.3) is 6.08 Å². The Labute approximate surface area is 131 Å². The van der Waals surface area contributed by atoms with E-state index in [0.717, 1.165) is 19.3 Å². The molecule has 0 radical (unpaired) electrons. The lowest BCUT2D eigenvalue weighted by molar-refractivity contribution is -0.132. The molecule has 1 aliphatic rings. The summed E-state index contributed by atoms with van der Waals surface area (Å²) in [6, 6.07) is 6.47. The zero-order chi connectivity index (χ0) is 16.2. The maximum absolute atomic E-state index is 12.6. The van der Waals surface area contributed by atoms with Crippen LogP contribution >= 0.6 is 0 Å². The van der Waals surface area contributed by atoms with Crippen LogP contribution in [0.4, 0.5) is 0 Å². The first-order chi connectivity index (χ1) is 10.4. The Balaban J connectivity index is 2.33. The molecule has 0 amide bonds. The van der Waals surface area contributed by atoms with Crippen molar-refractivity contribution in [2.45, 2.75) is 37.5 Å². The number of nitrogens with zero attached hydrogens (tertiary/aromatic N) is 1. The summed E-state index contributed by atoms with van der Waals surface area (Å²) in [4.78, 5) is 11.3. The van der Waals surface area contributed by atoms with Gasteiger partial charge < -0.3 is 5.11 Å². The first kappa shape index (κ1) is 16.7. The third kappa shape index (κ3) is 3.75. The van der Waals surface area contributed by atoms with Crippen LogP contribution in [-0.2, 0) is 14.8 Å². The van der Waals surface area contributed by atoms with Crippen molar-refractivity contribution in [1.29, 1.82) is 0 Å². The van der Waals surface area contributed by atoms with Gasteiger partial charge in [0.15, 0.2) is 0 Å². The number of hydrogen-bond donors (Lipinski definition) is 1. The molecule has 0 saturated carbocycles. The zero-order valence-electron chi connectivity index (χ0n) is 12.7. The molecule has 6 heteroatoms. The number of piperidine rings is 1. The molecule has 1 heterocycles. The first-order valence-electron chi connectivity index (χ1n) is 7.49. The van der Waals surface area contributed by atoms with Gasteiger partial charge in [-0.05, 0) is 43.0 Å². The number of carboxylic acids is 1. The molecular formula is C16H21NO4S. The molecule has 0 aromatic heterocycles. The van der Waals surface area contributed by atoms with Gasteiger partial charge in [-0.2, -0.15) is 4.31 Å². The Morgan fingerprint density at radius 1 is 1.27 bits per heavy atom. The Morgan fingerprint density at radius 3 is 2.55 bits per heavy atom. The summed E-state index contributed by atoms with van der Waals surface area (Å²) in [7, 11) is -3.49. The van der Waals surface area contributed by atoms with Gasteiger partial charge in [0.1, 0.15) is 0 Å². The van der Waals surface area contributed by atoms with Crippen LogP contribution in [0.5, 0.6) is 0 Å². The van der Waals surface area contributed by atoms with E-state index in [-0.39, 0.29) is 10.5 Å². The molecule has 120 valence electrons. The second-order valence-electron chi connectivity index (χ2n) is 5.37. The predicted octanol–water partition coefficient (Wildman–Crippen LogP) is 2.74. The molecule has 22 heavy (non-hydrogen) atoms. The summed E-state index contributed by atoms with van der Waals surface area (Å²) >= 11 is 0. The van der Waals surface area contributed by atoms with Crippen LogP contribution in [-0.4, -0.2) is 36.9 Å². The molecular weight excluding hydrogens is 302 g/mol. The molecule has 1 aliphatic heterocycles. The highest BCUT2D eigenvalue weighted by atomic mass is 32.2. The third-order valence-electron chi connectivity index (χ3n) is 3.81. The van der Waals surface area contributed by atoms with Crippen molar-refractivity contribution in [3.8, 4) is 0 Å². The number of carboxylic acid groups (broad SMARTS) is 1. The number of rotatable bonds is 5. The minimum Gasteiger partial charge on any atom is -0.478 e. The Hall–Kier alpha value is -1.66. The number of carbonyl (C=O) groups is 1. The van der Waals surface area contributed by atoms with Crippen molar-refractivity contribution in [3.63, 3.8) is 0 Å². The average Bonchev–Trinajstić information content (AvgIpc) is 2.53. The van der Waals surface area contributed by atoms with E-state index in [4.69, 9.17) is 5.11 Å². The molecule has 1 saturated heterocycles. The van der Waals surface area contributed by atoms with Crippen molar-refractivity contribution in [1.82, 2.24) is 4.31 Å². The molecule has 1 aromatic carbocycles. The number of benzene rings is 1. The van der Waals surface area contributed by atoms with Crippen LogP contribution in [0, 0.1) is 0 Å². The molecule has 0 spiro atoms. The second-order valence-corrected chi connectivity index (χ2v) is 7.30. The summed E-state index contributed by atoms with van der Waals surface area (Å²) < 4.78 is 26.7. The van der Waals surface area contributed by atoms with Crippen molar-refractivity contribution >= 4 is 22.1 Å². The monoisotopic (exact) mass is 323 g/mol. The maximum Gasteiger partial charge on any atom is 0.331 e. The van der Waals surface area contributed by atoms with E-state index in [2.05, 4.69) is 0 Å². The largest absolute Gasteiger partial charge is 0.478 e. The van der Waals surface area contributed by atoms with E-state index in [1.807, 2.05) is 0 Å². The molecule has 1 N–H and O–H groups in total. The summed E-state index contributed by atoms with van der Waals surface area (Å²) in [5.41, 5.74) is 0.852. The minimum atomic E-state index is -3.49. The number of sulfonamides is 1. The first-order valence-corrected chi connectivity index (χ1v) is 8.93. The average molecular weight is 323 g/mol. The van der Waals surface area contributed by atoms with Crippen LogP contribution in [0.2, 0.25) is 0 Å². The van der Waals surface area contributed by atoms with Gasteiger partial charge in [-0.25, -0.2) is 13.2 Å². The topological polar surface area (TPSA) is 74.7 Å². The SMILES string of the molecule is CC/C(=C\c1cccc(S(=O)(=O)N2CCCCC2)c1)C(=O)O. The van der Waals surface area contributed by atoms with Gasteiger partial charge in [0, 0.05) is 18.7 Å². The highest BCUT2D eigenvalue weighted by molar-refractivity contribution is 7.89. The molecule has 1 fully saturated rings. The van der Waals surface area contributed by atoms with Crippen molar-refractivity contribution in [2.75, 3.05) is 13.1 Å². The molecule has 2 rings (SSSR count). The molecule has 0 unspecified atom stereocenters. The fourth-order valence-corrected chi connectivity index (χ4v) is 4.11. The van der Waals surface area contributed by atoms with Gasteiger partial charge in [-0.1, -0.05) is 25.5 Å². The van der Waals surface area contributed by atoms with Crippen LogP contribution in [0.15, 0.2) is 34.7 Å². The van der Waals surface area contributed by atoms with Gasteiger partial charge in [0.05, 0.1) is 4.90 Å². The smallest absolute Gasteiger partial charge is 0.331 e. The summed E-state index contributed by atoms with van der Waals surface area (Å²) in [5.74, 6) is -0.980. The lowest BCUT2D eigenvalue weighted by Crippen LogP contribution is -2.35. The summed E-state index contributed by atoms with van der Waals surface area (Å²) in [6.45, 7) is 2.86. The Bertz CT molecular complexity index is 673. The van der Waals surface area contributed by atoms with E-state index in [1.54, 1.807) is 31.2 Å². The van der Waals surface area contributed by atoms with Crippen molar-refractivity contribution < 1.29 is 18.3 Å². The van der Waals surface area contributed by atoms with Gasteiger partial charge in [-0.15, -0.1) is 0 Å².